The Balaban J connectivity index is 1.64. The van der Waals surface area contributed by atoms with Crippen LogP contribution in [0.3, 0.4) is 0 Å². The van der Waals surface area contributed by atoms with Gasteiger partial charge < -0.3 is 4.90 Å². The summed E-state index contributed by atoms with van der Waals surface area (Å²) in [6, 6.07) is 8.73. The summed E-state index contributed by atoms with van der Waals surface area (Å²) < 4.78 is 13.6. The topological polar surface area (TPSA) is 33.2 Å². The predicted octanol–water partition coefficient (Wildman–Crippen LogP) is 3.23. The smallest absolute Gasteiger partial charge is 0.253 e. The molecule has 1 saturated heterocycles. The van der Waals surface area contributed by atoms with Crippen molar-refractivity contribution in [3.8, 4) is 0 Å². The van der Waals surface area contributed by atoms with Gasteiger partial charge in [-0.15, -0.1) is 0 Å². The molecule has 1 aromatic carbocycles. The molecule has 22 heavy (non-hydrogen) atoms. The van der Waals surface area contributed by atoms with E-state index >= 15 is 0 Å². The summed E-state index contributed by atoms with van der Waals surface area (Å²) >= 11 is 0. The zero-order valence-electron chi connectivity index (χ0n) is 12.6. The van der Waals surface area contributed by atoms with Crippen LogP contribution in [-0.4, -0.2) is 28.9 Å². The molecule has 0 radical (unpaired) electrons. The largest absolute Gasteiger partial charge is 0.338 e. The summed E-state index contributed by atoms with van der Waals surface area (Å²) in [5.41, 5.74) is 2.25. The number of hydrogen-bond acceptors (Lipinski definition) is 2. The highest BCUT2D eigenvalue weighted by molar-refractivity contribution is 5.94. The van der Waals surface area contributed by atoms with Gasteiger partial charge in [0.15, 0.2) is 0 Å². The van der Waals surface area contributed by atoms with Crippen LogP contribution in [0.2, 0.25) is 0 Å². The fraction of sp³-hybridized carbons (Fsp3) is 0.333. The second-order valence-corrected chi connectivity index (χ2v) is 5.93. The molecular weight excluding hydrogens is 279 g/mol. The van der Waals surface area contributed by atoms with E-state index in [2.05, 4.69) is 4.98 Å². The van der Waals surface area contributed by atoms with Gasteiger partial charge in [0, 0.05) is 31.0 Å². The van der Waals surface area contributed by atoms with E-state index in [9.17, 15) is 9.18 Å². The normalized spacial score (nSPS) is 17.7. The molecule has 1 fully saturated rings. The molecule has 0 spiro atoms. The number of halogens is 1. The number of hydrogen-bond donors (Lipinski definition) is 0. The van der Waals surface area contributed by atoms with Crippen LogP contribution in [0.1, 0.15) is 27.9 Å². The van der Waals surface area contributed by atoms with Crippen LogP contribution in [0, 0.1) is 18.7 Å². The average molecular weight is 298 g/mol. The maximum absolute atomic E-state index is 13.6. The summed E-state index contributed by atoms with van der Waals surface area (Å²) in [5, 5.41) is 0. The number of aryl methyl sites for hydroxylation is 1. The molecule has 1 aromatic heterocycles. The second-order valence-electron chi connectivity index (χ2n) is 5.93. The molecule has 0 N–H and O–H groups in total. The monoisotopic (exact) mass is 298 g/mol. The minimum atomic E-state index is -0.321. The van der Waals surface area contributed by atoms with E-state index in [1.165, 1.54) is 11.6 Å². The molecule has 0 saturated carbocycles. The van der Waals surface area contributed by atoms with Gasteiger partial charge in [0.25, 0.3) is 5.91 Å². The molecule has 3 nitrogen and oxygen atoms in total. The molecule has 1 aliphatic rings. The number of carbonyl (C=O) groups excluding carboxylic acids is 1. The van der Waals surface area contributed by atoms with Gasteiger partial charge in [-0.3, -0.25) is 9.78 Å². The predicted molar refractivity (Wildman–Crippen MR) is 83.1 cm³/mol. The van der Waals surface area contributed by atoms with Crippen molar-refractivity contribution < 1.29 is 9.18 Å². The Morgan fingerprint density at radius 2 is 2.09 bits per heavy atom. The lowest BCUT2D eigenvalue weighted by atomic mass is 10.00. The maximum atomic E-state index is 13.6. The molecule has 114 valence electrons. The number of amides is 1. The maximum Gasteiger partial charge on any atom is 0.253 e. The van der Waals surface area contributed by atoms with Crippen molar-refractivity contribution in [3.63, 3.8) is 0 Å². The van der Waals surface area contributed by atoms with Crippen molar-refractivity contribution in [3.05, 3.63) is 65.2 Å². The molecule has 0 bridgehead atoms. The van der Waals surface area contributed by atoms with E-state index in [0.717, 1.165) is 25.9 Å². The van der Waals surface area contributed by atoms with Gasteiger partial charge in [-0.2, -0.15) is 0 Å². The third-order valence-corrected chi connectivity index (χ3v) is 4.27. The SMILES string of the molecule is Cc1ccc(C(=O)N2CCC(Cc3ccncc3)C2)cc1F. The van der Waals surface area contributed by atoms with Crippen molar-refractivity contribution in [1.29, 1.82) is 0 Å². The average Bonchev–Trinajstić information content (AvgIpc) is 2.99. The molecular formula is C18H19FN2O. The second kappa shape index (κ2) is 6.26. The third-order valence-electron chi connectivity index (χ3n) is 4.27. The molecule has 3 rings (SSSR count). The molecule has 2 heterocycles. The lowest BCUT2D eigenvalue weighted by Crippen LogP contribution is -2.29. The van der Waals surface area contributed by atoms with Crippen molar-refractivity contribution >= 4 is 5.91 Å². The highest BCUT2D eigenvalue weighted by atomic mass is 19.1. The van der Waals surface area contributed by atoms with Crippen LogP contribution in [-0.2, 0) is 6.42 Å². The first kappa shape index (κ1) is 14.7. The summed E-state index contributed by atoms with van der Waals surface area (Å²) in [5.74, 6) is 0.0659. The van der Waals surface area contributed by atoms with Gasteiger partial charge in [-0.1, -0.05) is 6.07 Å². The first-order valence-corrected chi connectivity index (χ1v) is 7.58. The number of pyridine rings is 1. The Kier molecular flexibility index (Phi) is 4.18. The molecule has 1 unspecified atom stereocenters. The fourth-order valence-corrected chi connectivity index (χ4v) is 2.94. The van der Waals surface area contributed by atoms with E-state index in [1.54, 1.807) is 31.5 Å². The van der Waals surface area contributed by atoms with Crippen molar-refractivity contribution in [2.45, 2.75) is 19.8 Å². The first-order chi connectivity index (χ1) is 10.6. The van der Waals surface area contributed by atoms with E-state index in [4.69, 9.17) is 0 Å². The van der Waals surface area contributed by atoms with Gasteiger partial charge >= 0.3 is 0 Å². The Morgan fingerprint density at radius 1 is 1.32 bits per heavy atom. The van der Waals surface area contributed by atoms with Crippen LogP contribution >= 0.6 is 0 Å². The highest BCUT2D eigenvalue weighted by Crippen LogP contribution is 2.22. The van der Waals surface area contributed by atoms with E-state index in [1.807, 2.05) is 17.0 Å². The Morgan fingerprint density at radius 3 is 2.82 bits per heavy atom. The van der Waals surface area contributed by atoms with E-state index in [-0.39, 0.29) is 11.7 Å². The summed E-state index contributed by atoms with van der Waals surface area (Å²) in [7, 11) is 0. The summed E-state index contributed by atoms with van der Waals surface area (Å²) in [4.78, 5) is 18.3. The van der Waals surface area contributed by atoms with Gasteiger partial charge in [0.05, 0.1) is 0 Å². The molecule has 1 aliphatic heterocycles. The van der Waals surface area contributed by atoms with Gasteiger partial charge in [0.1, 0.15) is 5.82 Å². The molecule has 1 atom stereocenters. The first-order valence-electron chi connectivity index (χ1n) is 7.58. The van der Waals surface area contributed by atoms with Crippen molar-refractivity contribution in [2.24, 2.45) is 5.92 Å². The lowest BCUT2D eigenvalue weighted by Gasteiger charge is -2.17. The zero-order chi connectivity index (χ0) is 15.5. The number of benzene rings is 1. The highest BCUT2D eigenvalue weighted by Gasteiger charge is 2.27. The summed E-state index contributed by atoms with van der Waals surface area (Å²) in [6.07, 6.45) is 5.53. The van der Waals surface area contributed by atoms with Crippen molar-refractivity contribution in [1.82, 2.24) is 9.88 Å². The van der Waals surface area contributed by atoms with E-state index in [0.29, 0.717) is 17.0 Å². The third kappa shape index (κ3) is 3.16. The zero-order valence-corrected chi connectivity index (χ0v) is 12.6. The fourth-order valence-electron chi connectivity index (χ4n) is 2.94. The van der Waals surface area contributed by atoms with Crippen LogP contribution in [0.5, 0.6) is 0 Å². The molecule has 0 aliphatic carbocycles. The lowest BCUT2D eigenvalue weighted by molar-refractivity contribution is 0.0786. The quantitative estimate of drug-likeness (QED) is 0.871. The Labute approximate surface area is 129 Å². The minimum Gasteiger partial charge on any atom is -0.338 e. The van der Waals surface area contributed by atoms with Crippen LogP contribution in [0.4, 0.5) is 4.39 Å². The van der Waals surface area contributed by atoms with Crippen LogP contribution in [0.25, 0.3) is 0 Å². The van der Waals surface area contributed by atoms with Gasteiger partial charge in [-0.25, -0.2) is 4.39 Å². The van der Waals surface area contributed by atoms with Crippen molar-refractivity contribution in [2.75, 3.05) is 13.1 Å². The van der Waals surface area contributed by atoms with Gasteiger partial charge in [0.2, 0.25) is 0 Å². The number of aromatic nitrogens is 1. The number of carbonyl (C=O) groups is 1. The molecule has 1 amide bonds. The summed E-state index contributed by atoms with van der Waals surface area (Å²) in [6.45, 7) is 3.17. The van der Waals surface area contributed by atoms with E-state index < -0.39 is 0 Å². The van der Waals surface area contributed by atoms with Gasteiger partial charge in [-0.05, 0) is 61.1 Å². The standard InChI is InChI=1S/C18H19FN2O/c1-13-2-3-16(11-17(13)19)18(22)21-9-6-15(12-21)10-14-4-7-20-8-5-14/h2-5,7-8,11,15H,6,9-10,12H2,1H3. The Hall–Kier alpha value is -2.23. The number of likely N-dealkylation sites (tertiary alicyclic amines) is 1. The molecule has 2 aromatic rings. The minimum absolute atomic E-state index is 0.0730. The van der Waals surface area contributed by atoms with Crippen LogP contribution in [0.15, 0.2) is 42.7 Å². The number of nitrogens with zero attached hydrogens (tertiary/aromatic N) is 2. The molecule has 4 heteroatoms. The number of rotatable bonds is 3. The Bertz CT molecular complexity index is 672. The van der Waals surface area contributed by atoms with Crippen LogP contribution < -0.4 is 0 Å².